The Hall–Kier alpha value is -1.61. The lowest BCUT2D eigenvalue weighted by Gasteiger charge is -2.40. The van der Waals surface area contributed by atoms with Gasteiger partial charge in [-0.2, -0.15) is 0 Å². The maximum absolute atomic E-state index is 13.8. The molecule has 1 heterocycles. The van der Waals surface area contributed by atoms with E-state index in [1.807, 2.05) is 0 Å². The zero-order valence-corrected chi connectivity index (χ0v) is 14.1. The van der Waals surface area contributed by atoms with Gasteiger partial charge in [0.15, 0.2) is 17.2 Å². The van der Waals surface area contributed by atoms with Crippen LogP contribution < -0.4 is 5.32 Å². The largest absolute Gasteiger partial charge is 0.394 e. The molecule has 1 amide bonds. The second kappa shape index (κ2) is 7.74. The number of likely N-dealkylation sites (tertiary alicyclic amines) is 1. The Morgan fingerprint density at radius 1 is 1.32 bits per heavy atom. The minimum atomic E-state index is -1.73. The lowest BCUT2D eigenvalue weighted by molar-refractivity contribution is -0.158. The molecule has 0 bridgehead atoms. The molecule has 0 aromatic heterocycles. The predicted molar refractivity (Wildman–Crippen MR) is 86.5 cm³/mol. The van der Waals surface area contributed by atoms with Gasteiger partial charge in [-0.1, -0.05) is 12.1 Å². The number of piperidine rings is 1. The number of rotatable bonds is 7. The van der Waals surface area contributed by atoms with Crippen LogP contribution in [-0.4, -0.2) is 63.6 Å². The molecule has 1 aromatic rings. The number of hydrogen-bond donors (Lipinski definition) is 4. The average Bonchev–Trinajstić information content (AvgIpc) is 2.61. The Morgan fingerprint density at radius 2 is 2.00 bits per heavy atom. The molecule has 6 nitrogen and oxygen atoms in total. The van der Waals surface area contributed by atoms with Crippen LogP contribution in [0.4, 0.5) is 8.78 Å². The summed E-state index contributed by atoms with van der Waals surface area (Å²) in [6.07, 6.45) is 0.698. The van der Waals surface area contributed by atoms with Crippen molar-refractivity contribution in [1.29, 1.82) is 0 Å². The molecular weight excluding hydrogens is 334 g/mol. The van der Waals surface area contributed by atoms with Gasteiger partial charge in [0.2, 0.25) is 0 Å². The number of benzene rings is 1. The first kappa shape index (κ1) is 19.7. The van der Waals surface area contributed by atoms with Crippen molar-refractivity contribution in [2.24, 2.45) is 0 Å². The fraction of sp³-hybridized carbons (Fsp3) is 0.588. The molecule has 0 aliphatic carbocycles. The maximum Gasteiger partial charge on any atom is 0.256 e. The van der Waals surface area contributed by atoms with Crippen molar-refractivity contribution in [2.75, 3.05) is 26.3 Å². The summed E-state index contributed by atoms with van der Waals surface area (Å²) in [7, 11) is 0. The monoisotopic (exact) mass is 358 g/mol. The number of aliphatic hydroxyl groups is 3. The van der Waals surface area contributed by atoms with E-state index in [0.717, 1.165) is 6.07 Å². The third-order valence-corrected chi connectivity index (χ3v) is 4.60. The first-order valence-electron chi connectivity index (χ1n) is 8.16. The molecule has 0 spiro atoms. The molecule has 0 unspecified atom stereocenters. The van der Waals surface area contributed by atoms with E-state index in [2.05, 4.69) is 5.32 Å². The summed E-state index contributed by atoms with van der Waals surface area (Å²) in [6.45, 7) is 0.851. The maximum atomic E-state index is 13.8. The predicted octanol–water partition coefficient (Wildman–Crippen LogP) is 0.151. The highest BCUT2D eigenvalue weighted by Crippen LogP contribution is 2.25. The standard InChI is InChI=1S/C17H24F2N2O4/c1-16(10-22,11-23)20-9-17(25)6-3-7-21(15(17)24)8-12-4-2-5-13(18)14(12)19/h2,4-5,20,22-23,25H,3,6-11H2,1H3/t17-/m1/s1. The second-order valence-corrected chi connectivity index (χ2v) is 6.81. The molecule has 0 saturated carbocycles. The number of β-amino-alcohol motifs (C(OH)–C–C–N with tert-alkyl or cyclic N) is 1. The molecule has 1 atom stereocenters. The Balaban J connectivity index is 2.10. The van der Waals surface area contributed by atoms with Crippen molar-refractivity contribution in [3.8, 4) is 0 Å². The number of nitrogens with one attached hydrogen (secondary N) is 1. The van der Waals surface area contributed by atoms with Crippen LogP contribution in [-0.2, 0) is 11.3 Å². The molecule has 1 saturated heterocycles. The molecule has 1 aromatic carbocycles. The zero-order chi connectivity index (χ0) is 18.7. The summed E-state index contributed by atoms with van der Waals surface area (Å²) in [6, 6.07) is 3.76. The molecular formula is C17H24F2N2O4. The molecule has 140 valence electrons. The normalized spacial score (nSPS) is 21.7. The molecule has 25 heavy (non-hydrogen) atoms. The van der Waals surface area contributed by atoms with E-state index in [1.54, 1.807) is 6.92 Å². The average molecular weight is 358 g/mol. The van der Waals surface area contributed by atoms with E-state index < -0.39 is 28.7 Å². The van der Waals surface area contributed by atoms with Crippen molar-refractivity contribution in [1.82, 2.24) is 10.2 Å². The minimum Gasteiger partial charge on any atom is -0.394 e. The second-order valence-electron chi connectivity index (χ2n) is 6.81. The lowest BCUT2D eigenvalue weighted by atomic mass is 9.90. The van der Waals surface area contributed by atoms with Crippen LogP contribution in [0.5, 0.6) is 0 Å². The molecule has 1 aliphatic heterocycles. The third-order valence-electron chi connectivity index (χ3n) is 4.60. The molecule has 0 radical (unpaired) electrons. The van der Waals surface area contributed by atoms with Gasteiger partial charge >= 0.3 is 0 Å². The van der Waals surface area contributed by atoms with Gasteiger partial charge in [-0.3, -0.25) is 4.79 Å². The number of carbonyl (C=O) groups is 1. The number of nitrogens with zero attached hydrogens (tertiary/aromatic N) is 1. The number of hydrogen-bond acceptors (Lipinski definition) is 5. The van der Waals surface area contributed by atoms with Crippen LogP contribution in [0, 0.1) is 11.6 Å². The number of halogens is 2. The fourth-order valence-corrected chi connectivity index (χ4v) is 2.78. The third kappa shape index (κ3) is 4.33. The van der Waals surface area contributed by atoms with Gasteiger partial charge in [-0.05, 0) is 25.8 Å². The minimum absolute atomic E-state index is 0.0427. The molecule has 8 heteroatoms. The Kier molecular flexibility index (Phi) is 6.10. The van der Waals surface area contributed by atoms with Crippen LogP contribution in [0.3, 0.4) is 0 Å². The molecule has 1 fully saturated rings. The summed E-state index contributed by atoms with van der Waals surface area (Å²) < 4.78 is 27.2. The topological polar surface area (TPSA) is 93.0 Å². The Labute approximate surface area is 145 Å². The number of aliphatic hydroxyl groups excluding tert-OH is 2. The summed E-state index contributed by atoms with van der Waals surface area (Å²) in [5, 5.41) is 32.1. The highest BCUT2D eigenvalue weighted by atomic mass is 19.2. The van der Waals surface area contributed by atoms with Crippen molar-refractivity contribution in [2.45, 2.75) is 37.5 Å². The SMILES string of the molecule is CC(CO)(CO)NC[C@]1(O)CCCN(Cc2cccc(F)c2F)C1=O. The van der Waals surface area contributed by atoms with Crippen LogP contribution in [0.2, 0.25) is 0 Å². The quantitative estimate of drug-likeness (QED) is 0.557. The van der Waals surface area contributed by atoms with E-state index in [9.17, 15) is 28.9 Å². The van der Waals surface area contributed by atoms with Gasteiger partial charge < -0.3 is 25.5 Å². The van der Waals surface area contributed by atoms with Gasteiger partial charge in [-0.25, -0.2) is 8.78 Å². The van der Waals surface area contributed by atoms with Crippen molar-refractivity contribution in [3.05, 3.63) is 35.4 Å². The van der Waals surface area contributed by atoms with E-state index in [4.69, 9.17) is 0 Å². The van der Waals surface area contributed by atoms with Crippen LogP contribution in [0.25, 0.3) is 0 Å². The van der Waals surface area contributed by atoms with E-state index in [0.29, 0.717) is 13.0 Å². The Morgan fingerprint density at radius 3 is 2.64 bits per heavy atom. The van der Waals surface area contributed by atoms with E-state index >= 15 is 0 Å². The van der Waals surface area contributed by atoms with Crippen molar-refractivity contribution >= 4 is 5.91 Å². The molecule has 2 rings (SSSR count). The summed E-state index contributed by atoms with van der Waals surface area (Å²) in [5.41, 5.74) is -2.72. The van der Waals surface area contributed by atoms with Crippen LogP contribution in [0.15, 0.2) is 18.2 Å². The van der Waals surface area contributed by atoms with Gasteiger partial charge in [0, 0.05) is 25.2 Å². The van der Waals surface area contributed by atoms with Crippen LogP contribution >= 0.6 is 0 Å². The highest BCUT2D eigenvalue weighted by molar-refractivity contribution is 5.86. The van der Waals surface area contributed by atoms with E-state index in [1.165, 1.54) is 17.0 Å². The highest BCUT2D eigenvalue weighted by Gasteiger charge is 2.43. The van der Waals surface area contributed by atoms with Crippen molar-refractivity contribution < 1.29 is 28.9 Å². The number of amides is 1. The van der Waals surface area contributed by atoms with Gasteiger partial charge in [-0.15, -0.1) is 0 Å². The van der Waals surface area contributed by atoms with Gasteiger partial charge in [0.25, 0.3) is 5.91 Å². The van der Waals surface area contributed by atoms with Gasteiger partial charge in [0.1, 0.15) is 0 Å². The summed E-state index contributed by atoms with van der Waals surface area (Å²) in [4.78, 5) is 13.9. The first-order valence-corrected chi connectivity index (χ1v) is 8.16. The summed E-state index contributed by atoms with van der Waals surface area (Å²) in [5.74, 6) is -2.58. The molecule has 4 N–H and O–H groups in total. The lowest BCUT2D eigenvalue weighted by Crippen LogP contribution is -2.62. The van der Waals surface area contributed by atoms with E-state index in [-0.39, 0.29) is 38.3 Å². The molecule has 1 aliphatic rings. The first-order chi connectivity index (χ1) is 11.7. The number of carbonyl (C=O) groups excluding carboxylic acids is 1. The Bertz CT molecular complexity index is 625. The van der Waals surface area contributed by atoms with Crippen LogP contribution in [0.1, 0.15) is 25.3 Å². The van der Waals surface area contributed by atoms with Gasteiger partial charge in [0.05, 0.1) is 18.8 Å². The smallest absolute Gasteiger partial charge is 0.256 e. The fourth-order valence-electron chi connectivity index (χ4n) is 2.78. The van der Waals surface area contributed by atoms with Crippen molar-refractivity contribution in [3.63, 3.8) is 0 Å². The summed E-state index contributed by atoms with van der Waals surface area (Å²) >= 11 is 0. The zero-order valence-electron chi connectivity index (χ0n) is 14.1.